The first-order chi connectivity index (χ1) is 7.40. The Morgan fingerprint density at radius 1 is 1.44 bits per heavy atom. The van der Waals surface area contributed by atoms with Crippen molar-refractivity contribution in [2.75, 3.05) is 13.3 Å². The highest BCUT2D eigenvalue weighted by Crippen LogP contribution is 1.98. The van der Waals surface area contributed by atoms with E-state index in [1.807, 2.05) is 6.92 Å². The fourth-order valence-corrected chi connectivity index (χ4v) is 1.80. The summed E-state index contributed by atoms with van der Waals surface area (Å²) in [5.74, 6) is 0. The van der Waals surface area contributed by atoms with E-state index in [1.54, 1.807) is 13.8 Å². The molecule has 0 atom stereocenters. The van der Waals surface area contributed by atoms with E-state index in [2.05, 4.69) is 16.9 Å². The number of ether oxygens (including phenoxy) is 2. The topological polar surface area (TPSA) is 64.6 Å². The molecule has 0 aliphatic rings. The van der Waals surface area contributed by atoms with Crippen molar-refractivity contribution in [3.63, 3.8) is 0 Å². The first-order valence-corrected chi connectivity index (χ1v) is 7.07. The Labute approximate surface area is 103 Å². The van der Waals surface area contributed by atoms with Crippen molar-refractivity contribution in [1.82, 2.24) is 4.72 Å². The minimum atomic E-state index is -3.71. The number of thiocarbonyl (C=S) groups is 1. The number of unbranched alkanes of at least 4 members (excludes halogenated alkanes) is 1. The molecule has 0 radical (unpaired) electrons. The van der Waals surface area contributed by atoms with Gasteiger partial charge in [0.2, 0.25) is 0 Å². The SMILES string of the molecule is CCCCOCNS(=O)(=O)C(=S)OC(C)C. The van der Waals surface area contributed by atoms with Gasteiger partial charge in [-0.2, -0.15) is 4.72 Å². The normalized spacial score (nSPS) is 11.8. The van der Waals surface area contributed by atoms with Gasteiger partial charge < -0.3 is 9.47 Å². The van der Waals surface area contributed by atoms with Gasteiger partial charge in [-0.25, -0.2) is 8.42 Å². The van der Waals surface area contributed by atoms with Crippen LogP contribution in [0.15, 0.2) is 0 Å². The molecule has 0 unspecified atom stereocenters. The Hall–Kier alpha value is -0.240. The number of sulfonamides is 1. The summed E-state index contributed by atoms with van der Waals surface area (Å²) < 4.78 is 34.6. The van der Waals surface area contributed by atoms with Crippen molar-refractivity contribution in [2.24, 2.45) is 0 Å². The summed E-state index contributed by atoms with van der Waals surface area (Å²) in [6, 6.07) is 0. The van der Waals surface area contributed by atoms with Gasteiger partial charge >= 0.3 is 0 Å². The van der Waals surface area contributed by atoms with Crippen molar-refractivity contribution in [2.45, 2.75) is 39.7 Å². The molecule has 0 saturated heterocycles. The highest BCUT2D eigenvalue weighted by molar-refractivity contribution is 8.15. The van der Waals surface area contributed by atoms with Crippen LogP contribution in [0.2, 0.25) is 0 Å². The highest BCUT2D eigenvalue weighted by Gasteiger charge is 2.19. The van der Waals surface area contributed by atoms with Gasteiger partial charge in [0.25, 0.3) is 14.4 Å². The van der Waals surface area contributed by atoms with Crippen LogP contribution in [-0.2, 0) is 19.5 Å². The minimum absolute atomic E-state index is 0.0794. The Morgan fingerprint density at radius 2 is 2.06 bits per heavy atom. The lowest BCUT2D eigenvalue weighted by Crippen LogP contribution is -2.34. The van der Waals surface area contributed by atoms with Crippen LogP contribution < -0.4 is 4.72 Å². The lowest BCUT2D eigenvalue weighted by molar-refractivity contribution is 0.128. The molecule has 96 valence electrons. The fourth-order valence-electron chi connectivity index (χ4n) is 0.753. The van der Waals surface area contributed by atoms with Crippen molar-refractivity contribution >= 4 is 26.6 Å². The number of nitrogens with one attached hydrogen (secondary N) is 1. The van der Waals surface area contributed by atoms with Crippen LogP contribution in [0.4, 0.5) is 0 Å². The molecular formula is C9H19NO4S2. The van der Waals surface area contributed by atoms with E-state index in [-0.39, 0.29) is 12.8 Å². The summed E-state index contributed by atoms with van der Waals surface area (Å²) in [5, 5.41) is 0. The molecule has 5 nitrogen and oxygen atoms in total. The molecule has 0 saturated carbocycles. The molecule has 0 bridgehead atoms. The van der Waals surface area contributed by atoms with E-state index >= 15 is 0 Å². The van der Waals surface area contributed by atoms with Crippen LogP contribution in [0.3, 0.4) is 0 Å². The van der Waals surface area contributed by atoms with Crippen molar-refractivity contribution < 1.29 is 17.9 Å². The van der Waals surface area contributed by atoms with Gasteiger partial charge in [0.15, 0.2) is 0 Å². The summed E-state index contributed by atoms with van der Waals surface area (Å²) in [6.45, 7) is 5.89. The van der Waals surface area contributed by atoms with Crippen LogP contribution >= 0.6 is 12.2 Å². The molecule has 0 heterocycles. The molecule has 0 rings (SSSR count). The van der Waals surface area contributed by atoms with E-state index in [0.29, 0.717) is 6.61 Å². The summed E-state index contributed by atoms with van der Waals surface area (Å²) in [5.41, 5.74) is 0. The van der Waals surface area contributed by atoms with E-state index in [0.717, 1.165) is 12.8 Å². The van der Waals surface area contributed by atoms with E-state index in [9.17, 15) is 8.42 Å². The molecule has 0 aromatic carbocycles. The quantitative estimate of drug-likeness (QED) is 0.430. The predicted octanol–water partition coefficient (Wildman–Crippen LogP) is 1.39. The third kappa shape index (κ3) is 7.10. The lowest BCUT2D eigenvalue weighted by Gasteiger charge is -2.11. The summed E-state index contributed by atoms with van der Waals surface area (Å²) in [6.07, 6.45) is 1.64. The standard InChI is InChI=1S/C9H19NO4S2/c1-4-5-6-13-7-10-16(11,12)9(15)14-8(2)3/h8,10H,4-7H2,1-3H3. The second-order valence-corrected chi connectivity index (χ2v) is 5.77. The van der Waals surface area contributed by atoms with Crippen LogP contribution in [0.25, 0.3) is 0 Å². The van der Waals surface area contributed by atoms with Crippen LogP contribution in [-0.4, -0.2) is 32.2 Å². The van der Waals surface area contributed by atoms with E-state index < -0.39 is 14.4 Å². The Kier molecular flexibility index (Phi) is 7.82. The van der Waals surface area contributed by atoms with Crippen LogP contribution in [0.5, 0.6) is 0 Å². The number of hydrogen-bond donors (Lipinski definition) is 1. The van der Waals surface area contributed by atoms with Gasteiger partial charge in [0.1, 0.15) is 6.73 Å². The zero-order chi connectivity index (χ0) is 12.6. The van der Waals surface area contributed by atoms with Gasteiger partial charge in [0.05, 0.1) is 6.10 Å². The Morgan fingerprint density at radius 3 is 2.56 bits per heavy atom. The first-order valence-electron chi connectivity index (χ1n) is 5.18. The molecule has 0 amide bonds. The molecule has 0 fully saturated rings. The molecule has 0 aliphatic carbocycles. The number of hydrogen-bond acceptors (Lipinski definition) is 5. The van der Waals surface area contributed by atoms with Gasteiger partial charge in [-0.05, 0) is 32.5 Å². The van der Waals surface area contributed by atoms with Crippen molar-refractivity contribution in [1.29, 1.82) is 0 Å². The molecule has 16 heavy (non-hydrogen) atoms. The smallest absolute Gasteiger partial charge is 0.295 e. The molecule has 0 aromatic rings. The molecule has 0 aromatic heterocycles. The van der Waals surface area contributed by atoms with Gasteiger partial charge in [-0.3, -0.25) is 0 Å². The third-order valence-corrected chi connectivity index (χ3v) is 3.33. The zero-order valence-corrected chi connectivity index (χ0v) is 11.5. The maximum absolute atomic E-state index is 11.4. The molecule has 7 heteroatoms. The van der Waals surface area contributed by atoms with Crippen molar-refractivity contribution in [3.8, 4) is 0 Å². The van der Waals surface area contributed by atoms with Gasteiger partial charge in [-0.15, -0.1) is 0 Å². The van der Waals surface area contributed by atoms with Crippen LogP contribution in [0, 0.1) is 0 Å². The molecule has 0 spiro atoms. The Balaban J connectivity index is 3.91. The zero-order valence-electron chi connectivity index (χ0n) is 9.86. The average Bonchev–Trinajstić information content (AvgIpc) is 2.16. The third-order valence-electron chi connectivity index (χ3n) is 1.54. The predicted molar refractivity (Wildman–Crippen MR) is 66.6 cm³/mol. The molecular weight excluding hydrogens is 250 g/mol. The Bertz CT molecular complexity index is 301. The monoisotopic (exact) mass is 269 g/mol. The van der Waals surface area contributed by atoms with Gasteiger partial charge in [-0.1, -0.05) is 13.3 Å². The van der Waals surface area contributed by atoms with Crippen LogP contribution in [0.1, 0.15) is 33.6 Å². The van der Waals surface area contributed by atoms with E-state index in [1.165, 1.54) is 0 Å². The summed E-state index contributed by atoms with van der Waals surface area (Å²) in [7, 11) is -3.71. The molecule has 1 N–H and O–H groups in total. The largest absolute Gasteiger partial charge is 0.472 e. The maximum atomic E-state index is 11.4. The minimum Gasteiger partial charge on any atom is -0.472 e. The van der Waals surface area contributed by atoms with Crippen molar-refractivity contribution in [3.05, 3.63) is 0 Å². The number of rotatable bonds is 7. The van der Waals surface area contributed by atoms with Gasteiger partial charge in [0, 0.05) is 6.61 Å². The highest BCUT2D eigenvalue weighted by atomic mass is 32.2. The second kappa shape index (κ2) is 7.94. The second-order valence-electron chi connectivity index (χ2n) is 3.47. The summed E-state index contributed by atoms with van der Waals surface area (Å²) >= 11 is 4.64. The van der Waals surface area contributed by atoms with E-state index in [4.69, 9.17) is 9.47 Å². The fraction of sp³-hybridized carbons (Fsp3) is 0.889. The first kappa shape index (κ1) is 15.8. The average molecular weight is 269 g/mol. The lowest BCUT2D eigenvalue weighted by atomic mass is 10.4. The molecule has 0 aliphatic heterocycles. The maximum Gasteiger partial charge on any atom is 0.295 e. The summed E-state index contributed by atoms with van der Waals surface area (Å²) in [4.78, 5) is 0.